The van der Waals surface area contributed by atoms with Gasteiger partial charge >= 0.3 is 0 Å². The highest BCUT2D eigenvalue weighted by molar-refractivity contribution is 5.82. The molecule has 142 valence electrons. The molecule has 0 saturated carbocycles. The maximum atomic E-state index is 12.6. The number of fused-ring (bicyclic) bond motifs is 1. The molecule has 3 aromatic rings. The van der Waals surface area contributed by atoms with Gasteiger partial charge in [0.2, 0.25) is 5.91 Å². The van der Waals surface area contributed by atoms with Crippen LogP contribution in [0, 0.1) is 0 Å². The molecule has 0 fully saturated rings. The smallest absolute Gasteiger partial charge is 0.239 e. The lowest BCUT2D eigenvalue weighted by molar-refractivity contribution is -0.120. The van der Waals surface area contributed by atoms with Crippen molar-refractivity contribution < 1.29 is 4.79 Å². The zero-order valence-corrected chi connectivity index (χ0v) is 16.3. The van der Waals surface area contributed by atoms with Crippen molar-refractivity contribution in [3.63, 3.8) is 0 Å². The van der Waals surface area contributed by atoms with E-state index in [2.05, 4.69) is 64.8 Å². The second-order valence-corrected chi connectivity index (χ2v) is 7.43. The first-order valence-corrected chi connectivity index (χ1v) is 9.98. The predicted octanol–water partition coefficient (Wildman–Crippen LogP) is 4.98. The van der Waals surface area contributed by atoms with Crippen LogP contribution < -0.4 is 10.2 Å². The summed E-state index contributed by atoms with van der Waals surface area (Å²) in [6.45, 7) is 3.38. The summed E-state index contributed by atoms with van der Waals surface area (Å²) in [5, 5.41) is 3.15. The molecule has 1 aliphatic heterocycles. The molecule has 28 heavy (non-hydrogen) atoms. The third-order valence-corrected chi connectivity index (χ3v) is 5.44. The van der Waals surface area contributed by atoms with Gasteiger partial charge in [0, 0.05) is 12.2 Å². The zero-order chi connectivity index (χ0) is 19.3. The third-order valence-electron chi connectivity index (χ3n) is 5.44. The average Bonchev–Trinajstić information content (AvgIpc) is 2.75. The fourth-order valence-electron chi connectivity index (χ4n) is 3.91. The third kappa shape index (κ3) is 4.09. The Balaban J connectivity index is 1.39. The quantitative estimate of drug-likeness (QED) is 0.687. The predicted molar refractivity (Wildman–Crippen MR) is 115 cm³/mol. The number of hydrogen-bond acceptors (Lipinski definition) is 2. The van der Waals surface area contributed by atoms with Crippen LogP contribution in [-0.4, -0.2) is 19.0 Å². The van der Waals surface area contributed by atoms with E-state index in [1.165, 1.54) is 22.4 Å². The van der Waals surface area contributed by atoms with E-state index in [-0.39, 0.29) is 11.9 Å². The Morgan fingerprint density at radius 1 is 0.929 bits per heavy atom. The van der Waals surface area contributed by atoms with E-state index in [0.717, 1.165) is 24.9 Å². The summed E-state index contributed by atoms with van der Waals surface area (Å²) in [6.07, 6.45) is 2.19. The van der Waals surface area contributed by atoms with Gasteiger partial charge in [-0.2, -0.15) is 0 Å². The Kier molecular flexibility index (Phi) is 5.43. The van der Waals surface area contributed by atoms with E-state index in [4.69, 9.17) is 0 Å². The Labute approximate surface area is 167 Å². The molecule has 3 nitrogen and oxygen atoms in total. The normalized spacial score (nSPS) is 14.2. The molecule has 0 spiro atoms. The molecule has 3 aromatic carbocycles. The van der Waals surface area contributed by atoms with Crippen LogP contribution >= 0.6 is 0 Å². The lowest BCUT2D eigenvalue weighted by atomic mass is 10.0. The Morgan fingerprint density at radius 3 is 2.39 bits per heavy atom. The van der Waals surface area contributed by atoms with Gasteiger partial charge in [-0.3, -0.25) is 4.79 Å². The van der Waals surface area contributed by atoms with Crippen LogP contribution in [0.25, 0.3) is 11.1 Å². The summed E-state index contributed by atoms with van der Waals surface area (Å²) in [6, 6.07) is 27.2. The van der Waals surface area contributed by atoms with Crippen LogP contribution in [-0.2, 0) is 11.2 Å². The number of carbonyl (C=O) groups excluding carboxylic acids is 1. The number of benzene rings is 3. The highest BCUT2D eigenvalue weighted by atomic mass is 16.2. The highest BCUT2D eigenvalue weighted by Gasteiger charge is 2.19. The van der Waals surface area contributed by atoms with Crippen molar-refractivity contribution in [3.8, 4) is 11.1 Å². The van der Waals surface area contributed by atoms with E-state index in [1.54, 1.807) is 0 Å². The summed E-state index contributed by atoms with van der Waals surface area (Å²) in [5.74, 6) is 0.0661. The SMILES string of the molecule is CC(NC(=O)CN1CCCc2ccccc21)c1ccc(-c2ccccc2)cc1. The topological polar surface area (TPSA) is 32.3 Å². The molecule has 1 aliphatic rings. The fraction of sp³-hybridized carbons (Fsp3) is 0.240. The second kappa shape index (κ2) is 8.30. The summed E-state index contributed by atoms with van der Waals surface area (Å²) >= 11 is 0. The average molecular weight is 370 g/mol. The first-order valence-electron chi connectivity index (χ1n) is 9.98. The van der Waals surface area contributed by atoms with Gasteiger partial charge in [-0.1, -0.05) is 72.8 Å². The largest absolute Gasteiger partial charge is 0.362 e. The minimum absolute atomic E-state index is 0.0163. The molecule has 0 bridgehead atoms. The Hall–Kier alpha value is -3.07. The van der Waals surface area contributed by atoms with Crippen molar-refractivity contribution >= 4 is 11.6 Å². The maximum Gasteiger partial charge on any atom is 0.239 e. The number of para-hydroxylation sites is 1. The molecular weight excluding hydrogens is 344 g/mol. The van der Waals surface area contributed by atoms with Crippen molar-refractivity contribution in [1.82, 2.24) is 5.32 Å². The highest BCUT2D eigenvalue weighted by Crippen LogP contribution is 2.26. The minimum Gasteiger partial charge on any atom is -0.362 e. The molecule has 1 amide bonds. The molecule has 1 heterocycles. The van der Waals surface area contributed by atoms with Gasteiger partial charge in [0.25, 0.3) is 0 Å². The van der Waals surface area contributed by atoms with E-state index in [1.807, 2.05) is 31.2 Å². The first kappa shape index (κ1) is 18.3. The number of nitrogens with one attached hydrogen (secondary N) is 1. The number of anilines is 1. The van der Waals surface area contributed by atoms with Crippen LogP contribution in [0.5, 0.6) is 0 Å². The van der Waals surface area contributed by atoms with Gasteiger partial charge in [-0.05, 0) is 48.1 Å². The molecule has 0 radical (unpaired) electrons. The van der Waals surface area contributed by atoms with Crippen molar-refractivity contribution in [1.29, 1.82) is 0 Å². The van der Waals surface area contributed by atoms with Crippen LogP contribution in [0.15, 0.2) is 78.9 Å². The van der Waals surface area contributed by atoms with Crippen LogP contribution in [0.2, 0.25) is 0 Å². The minimum atomic E-state index is -0.0163. The molecule has 0 aliphatic carbocycles. The summed E-state index contributed by atoms with van der Waals surface area (Å²) in [7, 11) is 0. The monoisotopic (exact) mass is 370 g/mol. The van der Waals surface area contributed by atoms with Crippen molar-refractivity contribution in [2.45, 2.75) is 25.8 Å². The van der Waals surface area contributed by atoms with Crippen LogP contribution in [0.3, 0.4) is 0 Å². The molecule has 0 aromatic heterocycles. The van der Waals surface area contributed by atoms with E-state index >= 15 is 0 Å². The summed E-state index contributed by atoms with van der Waals surface area (Å²) in [4.78, 5) is 14.8. The molecular formula is C25H26N2O. The lowest BCUT2D eigenvalue weighted by Gasteiger charge is -2.31. The Morgan fingerprint density at radius 2 is 1.61 bits per heavy atom. The molecule has 1 unspecified atom stereocenters. The van der Waals surface area contributed by atoms with Crippen molar-refractivity contribution in [2.75, 3.05) is 18.0 Å². The second-order valence-electron chi connectivity index (χ2n) is 7.43. The maximum absolute atomic E-state index is 12.6. The van der Waals surface area contributed by atoms with Crippen molar-refractivity contribution in [3.05, 3.63) is 90.0 Å². The number of rotatable bonds is 5. The van der Waals surface area contributed by atoms with E-state index in [9.17, 15) is 4.79 Å². The standard InChI is InChI=1S/C25H26N2O/c1-19(20-13-15-22(16-14-20)21-8-3-2-4-9-21)26-25(28)18-27-17-7-11-23-10-5-6-12-24(23)27/h2-6,8-10,12-16,19H,7,11,17-18H2,1H3,(H,26,28). The number of amides is 1. The lowest BCUT2D eigenvalue weighted by Crippen LogP contribution is -2.40. The number of aryl methyl sites for hydroxylation is 1. The van der Waals surface area contributed by atoms with Gasteiger partial charge in [-0.25, -0.2) is 0 Å². The molecule has 1 N–H and O–H groups in total. The van der Waals surface area contributed by atoms with Crippen molar-refractivity contribution in [2.24, 2.45) is 0 Å². The van der Waals surface area contributed by atoms with Gasteiger partial charge in [-0.15, -0.1) is 0 Å². The number of nitrogens with zero attached hydrogens (tertiary/aromatic N) is 1. The molecule has 0 saturated heterocycles. The van der Waals surface area contributed by atoms with Gasteiger partial charge < -0.3 is 10.2 Å². The van der Waals surface area contributed by atoms with Gasteiger partial charge in [0.1, 0.15) is 0 Å². The molecule has 1 atom stereocenters. The van der Waals surface area contributed by atoms with Gasteiger partial charge in [0.05, 0.1) is 12.6 Å². The summed E-state index contributed by atoms with van der Waals surface area (Å²) < 4.78 is 0. The Bertz CT molecular complexity index is 934. The van der Waals surface area contributed by atoms with Gasteiger partial charge in [0.15, 0.2) is 0 Å². The zero-order valence-electron chi connectivity index (χ0n) is 16.3. The van der Waals surface area contributed by atoms with Crippen LogP contribution in [0.1, 0.15) is 30.5 Å². The number of carbonyl (C=O) groups is 1. The molecule has 3 heteroatoms. The first-order chi connectivity index (χ1) is 13.7. The summed E-state index contributed by atoms with van der Waals surface area (Å²) in [5.41, 5.74) is 6.05. The van der Waals surface area contributed by atoms with Crippen LogP contribution in [0.4, 0.5) is 5.69 Å². The van der Waals surface area contributed by atoms with E-state index in [0.29, 0.717) is 6.54 Å². The van der Waals surface area contributed by atoms with E-state index < -0.39 is 0 Å². The number of hydrogen-bond donors (Lipinski definition) is 1. The molecule has 4 rings (SSSR count). The fourth-order valence-corrected chi connectivity index (χ4v) is 3.91.